The molecule has 1 aliphatic rings. The molecule has 2 heterocycles. The van der Waals surface area contributed by atoms with Crippen LogP contribution in [0.5, 0.6) is 23.0 Å². The molecule has 0 saturated heterocycles. The summed E-state index contributed by atoms with van der Waals surface area (Å²) in [5, 5.41) is 27.9. The summed E-state index contributed by atoms with van der Waals surface area (Å²) in [5.74, 6) is 1.11. The molecule has 0 radical (unpaired) electrons. The Morgan fingerprint density at radius 2 is 1.70 bits per heavy atom. The largest absolute Gasteiger partial charge is 0.508 e. The summed E-state index contributed by atoms with van der Waals surface area (Å²) in [6, 6.07) is 7.75. The smallest absolute Gasteiger partial charge is 0.231 e. The zero-order valence-corrected chi connectivity index (χ0v) is 10.1. The van der Waals surface area contributed by atoms with Crippen molar-refractivity contribution in [3.63, 3.8) is 0 Å². The van der Waals surface area contributed by atoms with Crippen molar-refractivity contribution >= 4 is 11.0 Å². The average Bonchev–Trinajstić information content (AvgIpc) is 3.02. The van der Waals surface area contributed by atoms with Crippen LogP contribution in [0.15, 0.2) is 30.3 Å². The summed E-state index contributed by atoms with van der Waals surface area (Å²) in [6.07, 6.45) is 0. The fraction of sp³-hybridized carbons (Fsp3) is 0.0769. The van der Waals surface area contributed by atoms with E-state index in [1.807, 2.05) is 0 Å². The summed E-state index contributed by atoms with van der Waals surface area (Å²) >= 11 is 0. The first-order chi connectivity index (χ1) is 9.70. The van der Waals surface area contributed by atoms with Crippen molar-refractivity contribution < 1.29 is 19.7 Å². The van der Waals surface area contributed by atoms with Gasteiger partial charge in [0.05, 0.1) is 0 Å². The second-order valence-electron chi connectivity index (χ2n) is 4.36. The minimum Gasteiger partial charge on any atom is -0.508 e. The number of phenols is 2. The molecule has 0 aliphatic carbocycles. The summed E-state index contributed by atoms with van der Waals surface area (Å²) in [7, 11) is 0. The zero-order chi connectivity index (χ0) is 13.7. The van der Waals surface area contributed by atoms with Gasteiger partial charge < -0.3 is 19.7 Å². The summed E-state index contributed by atoms with van der Waals surface area (Å²) in [4.78, 5) is 1.29. The highest BCUT2D eigenvalue weighted by molar-refractivity contribution is 5.75. The minimum atomic E-state index is -0.0150. The van der Waals surface area contributed by atoms with Crippen LogP contribution in [0.4, 0.5) is 0 Å². The number of rotatable bonds is 1. The first-order valence-corrected chi connectivity index (χ1v) is 5.90. The Labute approximate surface area is 112 Å². The summed E-state index contributed by atoms with van der Waals surface area (Å²) in [6.45, 7) is 0.126. The average molecular weight is 271 g/mol. The third kappa shape index (κ3) is 1.53. The highest BCUT2D eigenvalue weighted by atomic mass is 16.7. The minimum absolute atomic E-state index is 0.0150. The molecule has 2 N–H and O–H groups in total. The molecule has 0 saturated carbocycles. The van der Waals surface area contributed by atoms with Gasteiger partial charge in [-0.05, 0) is 12.1 Å². The van der Waals surface area contributed by atoms with Gasteiger partial charge in [0.1, 0.15) is 28.2 Å². The van der Waals surface area contributed by atoms with E-state index in [1.165, 1.54) is 23.0 Å². The van der Waals surface area contributed by atoms with Gasteiger partial charge >= 0.3 is 0 Å². The molecule has 7 nitrogen and oxygen atoms in total. The quantitative estimate of drug-likeness (QED) is 0.698. The maximum absolute atomic E-state index is 10.0. The highest BCUT2D eigenvalue weighted by Gasteiger charge is 2.19. The van der Waals surface area contributed by atoms with Crippen LogP contribution in [0, 0.1) is 0 Å². The number of aromatic hydroxyl groups is 2. The van der Waals surface area contributed by atoms with E-state index in [1.54, 1.807) is 12.1 Å². The number of benzene rings is 2. The van der Waals surface area contributed by atoms with Crippen LogP contribution < -0.4 is 9.47 Å². The molecule has 100 valence electrons. The molecule has 20 heavy (non-hydrogen) atoms. The molecular formula is C13H9N3O4. The molecular weight excluding hydrogens is 262 g/mol. The van der Waals surface area contributed by atoms with Crippen molar-refractivity contribution in [2.24, 2.45) is 0 Å². The third-order valence-electron chi connectivity index (χ3n) is 3.05. The van der Waals surface area contributed by atoms with Crippen molar-refractivity contribution in [2.45, 2.75) is 0 Å². The SMILES string of the molecule is Oc1ccc2nn(-c3cc4c(cc3O)OCO4)nc2c1. The Morgan fingerprint density at radius 3 is 2.55 bits per heavy atom. The molecule has 7 heteroatoms. The molecule has 0 amide bonds. The Hall–Kier alpha value is -2.96. The van der Waals surface area contributed by atoms with E-state index >= 15 is 0 Å². The van der Waals surface area contributed by atoms with Gasteiger partial charge in [0.15, 0.2) is 11.5 Å². The normalized spacial score (nSPS) is 13.0. The van der Waals surface area contributed by atoms with Gasteiger partial charge in [-0.3, -0.25) is 0 Å². The van der Waals surface area contributed by atoms with Gasteiger partial charge in [0.25, 0.3) is 0 Å². The molecule has 2 aromatic carbocycles. The van der Waals surface area contributed by atoms with Gasteiger partial charge in [-0.2, -0.15) is 0 Å². The van der Waals surface area contributed by atoms with Crippen molar-refractivity contribution in [2.75, 3.05) is 6.79 Å². The number of nitrogens with zero attached hydrogens (tertiary/aromatic N) is 3. The van der Waals surface area contributed by atoms with Gasteiger partial charge in [0, 0.05) is 18.2 Å². The lowest BCUT2D eigenvalue weighted by Crippen LogP contribution is -1.99. The first-order valence-electron chi connectivity index (χ1n) is 5.90. The van der Waals surface area contributed by atoms with Crippen LogP contribution in [0.1, 0.15) is 0 Å². The summed E-state index contributed by atoms with van der Waals surface area (Å²) < 4.78 is 10.4. The van der Waals surface area contributed by atoms with Crippen LogP contribution in [0.3, 0.4) is 0 Å². The van der Waals surface area contributed by atoms with E-state index in [9.17, 15) is 10.2 Å². The Morgan fingerprint density at radius 1 is 0.950 bits per heavy atom. The molecule has 1 aliphatic heterocycles. The van der Waals surface area contributed by atoms with Crippen LogP contribution in [0.25, 0.3) is 16.7 Å². The lowest BCUT2D eigenvalue weighted by atomic mass is 10.2. The topological polar surface area (TPSA) is 89.6 Å². The van der Waals surface area contributed by atoms with E-state index in [2.05, 4.69) is 10.2 Å². The van der Waals surface area contributed by atoms with Crippen molar-refractivity contribution in [3.05, 3.63) is 30.3 Å². The predicted octanol–water partition coefficient (Wildman–Crippen LogP) is 1.56. The Kier molecular flexibility index (Phi) is 2.06. The number of aromatic nitrogens is 3. The van der Waals surface area contributed by atoms with Crippen LogP contribution in [-0.2, 0) is 0 Å². The number of hydrogen-bond donors (Lipinski definition) is 2. The highest BCUT2D eigenvalue weighted by Crippen LogP contribution is 2.39. The van der Waals surface area contributed by atoms with Gasteiger partial charge in [-0.25, -0.2) is 0 Å². The lowest BCUT2D eigenvalue weighted by molar-refractivity contribution is 0.174. The second-order valence-corrected chi connectivity index (χ2v) is 4.36. The number of fused-ring (bicyclic) bond motifs is 2. The maximum atomic E-state index is 10.0. The van der Waals surface area contributed by atoms with E-state index < -0.39 is 0 Å². The standard InChI is InChI=1S/C13H9N3O4/c17-7-1-2-8-9(3-7)15-16(14-8)10-4-12-13(5-11(10)18)20-6-19-12/h1-5,17-18H,6H2. The lowest BCUT2D eigenvalue weighted by Gasteiger charge is -2.04. The Balaban J connectivity index is 1.90. The number of ether oxygens (including phenoxy) is 2. The molecule has 0 unspecified atom stereocenters. The maximum Gasteiger partial charge on any atom is 0.231 e. The fourth-order valence-electron chi connectivity index (χ4n) is 2.09. The fourth-order valence-corrected chi connectivity index (χ4v) is 2.09. The molecule has 0 bridgehead atoms. The Bertz CT molecular complexity index is 828. The third-order valence-corrected chi connectivity index (χ3v) is 3.05. The van der Waals surface area contributed by atoms with Crippen molar-refractivity contribution in [1.29, 1.82) is 0 Å². The second kappa shape index (κ2) is 3.77. The zero-order valence-electron chi connectivity index (χ0n) is 10.1. The predicted molar refractivity (Wildman–Crippen MR) is 68.3 cm³/mol. The van der Waals surface area contributed by atoms with Gasteiger partial charge in [0.2, 0.25) is 6.79 Å². The molecule has 0 fully saturated rings. The summed E-state index contributed by atoms with van der Waals surface area (Å²) in [5.41, 5.74) is 1.52. The van der Waals surface area contributed by atoms with Crippen molar-refractivity contribution in [1.82, 2.24) is 15.0 Å². The van der Waals surface area contributed by atoms with Crippen LogP contribution in [0.2, 0.25) is 0 Å². The van der Waals surface area contributed by atoms with E-state index in [0.717, 1.165) is 0 Å². The van der Waals surface area contributed by atoms with Crippen LogP contribution in [-0.4, -0.2) is 32.0 Å². The number of phenolic OH excluding ortho intramolecular Hbond substituents is 2. The first kappa shape index (κ1) is 10.9. The monoisotopic (exact) mass is 271 g/mol. The van der Waals surface area contributed by atoms with E-state index in [4.69, 9.17) is 9.47 Å². The van der Waals surface area contributed by atoms with Gasteiger partial charge in [-0.15, -0.1) is 15.0 Å². The van der Waals surface area contributed by atoms with Gasteiger partial charge in [-0.1, -0.05) is 0 Å². The number of hydrogen-bond acceptors (Lipinski definition) is 6. The molecule has 3 aromatic rings. The molecule has 0 spiro atoms. The van der Waals surface area contributed by atoms with E-state index in [0.29, 0.717) is 28.2 Å². The van der Waals surface area contributed by atoms with E-state index in [-0.39, 0.29) is 18.3 Å². The van der Waals surface area contributed by atoms with Crippen LogP contribution >= 0.6 is 0 Å². The molecule has 1 aromatic heterocycles. The van der Waals surface area contributed by atoms with Crippen molar-refractivity contribution in [3.8, 4) is 28.7 Å². The molecule has 4 rings (SSSR count). The molecule has 0 atom stereocenters.